The smallest absolute Gasteiger partial charge is 0.196 e. The summed E-state index contributed by atoms with van der Waals surface area (Å²) in [5, 5.41) is 12.0. The van der Waals surface area contributed by atoms with E-state index in [2.05, 4.69) is 157 Å². The zero-order valence-electron chi connectivity index (χ0n) is 26.6. The number of anilines is 1. The van der Waals surface area contributed by atoms with Gasteiger partial charge in [0.2, 0.25) is 0 Å². The molecule has 0 aliphatic carbocycles. The molecule has 0 bridgehead atoms. The van der Waals surface area contributed by atoms with Gasteiger partial charge in [-0.15, -0.1) is 0 Å². The van der Waals surface area contributed by atoms with Crippen LogP contribution in [-0.4, -0.2) is 4.98 Å². The second kappa shape index (κ2) is 11.1. The Hall–Kier alpha value is -6.45. The number of benzene rings is 8. The normalized spacial score (nSPS) is 13.8. The molecule has 1 aliphatic rings. The van der Waals surface area contributed by atoms with Crippen LogP contribution in [0, 0.1) is 0 Å². The molecule has 230 valence electrons. The van der Waals surface area contributed by atoms with Crippen LogP contribution in [0.1, 0.15) is 11.8 Å². The fourth-order valence-electron chi connectivity index (χ4n) is 7.35. The average Bonchev–Trinajstić information content (AvgIpc) is 3.62. The topological polar surface area (TPSA) is 34.2 Å². The maximum absolute atomic E-state index is 6.40. The van der Waals surface area contributed by atoms with Gasteiger partial charge in [-0.05, 0) is 80.2 Å². The van der Waals surface area contributed by atoms with E-state index in [0.717, 1.165) is 49.9 Å². The van der Waals surface area contributed by atoms with Gasteiger partial charge in [-0.1, -0.05) is 133 Å². The van der Waals surface area contributed by atoms with Gasteiger partial charge in [0.25, 0.3) is 0 Å². The van der Waals surface area contributed by atoms with Gasteiger partial charge in [0.15, 0.2) is 6.23 Å². The molecule has 0 saturated carbocycles. The van der Waals surface area contributed by atoms with Crippen molar-refractivity contribution in [2.24, 2.45) is 0 Å². The standard InChI is InChI=1S/C46H30N2O/c1-2-9-32(10-3-1)46-48-45-42(49-46)25-24-40-43(45)39-12-6-7-13-41(39)47-44(40)31-17-14-30(15-18-31)34-20-21-37-28-38(23-22-36(37)27-34)35-19-16-29-8-4-5-11-33(29)26-35/h1-28,46,48H. The Balaban J connectivity index is 1.00. The van der Waals surface area contributed by atoms with Crippen molar-refractivity contribution >= 4 is 48.9 Å². The SMILES string of the molecule is c1ccc(C2Nc3c(ccc4c(-c5ccc(-c6ccc7cc(-c8ccc9ccccc9c8)ccc7c6)cc5)nc5ccccc5c34)O2)cc1. The summed E-state index contributed by atoms with van der Waals surface area (Å²) in [6.45, 7) is 0. The highest BCUT2D eigenvalue weighted by Crippen LogP contribution is 2.47. The summed E-state index contributed by atoms with van der Waals surface area (Å²) in [7, 11) is 0. The molecule has 0 fully saturated rings. The first-order valence-corrected chi connectivity index (χ1v) is 16.7. The van der Waals surface area contributed by atoms with Crippen LogP contribution in [-0.2, 0) is 0 Å². The van der Waals surface area contributed by atoms with Crippen LogP contribution in [0.4, 0.5) is 5.69 Å². The molecule has 0 saturated heterocycles. The lowest BCUT2D eigenvalue weighted by atomic mass is 9.95. The number of rotatable bonds is 4. The quantitative estimate of drug-likeness (QED) is 0.197. The molecule has 0 spiro atoms. The van der Waals surface area contributed by atoms with Crippen molar-refractivity contribution in [2.45, 2.75) is 6.23 Å². The van der Waals surface area contributed by atoms with Crippen LogP contribution >= 0.6 is 0 Å². The van der Waals surface area contributed by atoms with E-state index in [0.29, 0.717) is 0 Å². The predicted molar refractivity (Wildman–Crippen MR) is 204 cm³/mol. The number of ether oxygens (including phenoxy) is 1. The van der Waals surface area contributed by atoms with E-state index in [1.54, 1.807) is 0 Å². The van der Waals surface area contributed by atoms with Crippen molar-refractivity contribution < 1.29 is 4.74 Å². The minimum absolute atomic E-state index is 0.233. The van der Waals surface area contributed by atoms with E-state index in [-0.39, 0.29) is 6.23 Å². The van der Waals surface area contributed by atoms with Crippen molar-refractivity contribution in [3.8, 4) is 39.3 Å². The van der Waals surface area contributed by atoms with Crippen molar-refractivity contribution in [2.75, 3.05) is 5.32 Å². The Bertz CT molecular complexity index is 2720. The highest BCUT2D eigenvalue weighted by Gasteiger charge is 2.27. The molecule has 3 nitrogen and oxygen atoms in total. The van der Waals surface area contributed by atoms with Crippen molar-refractivity contribution in [3.63, 3.8) is 0 Å². The van der Waals surface area contributed by atoms with Gasteiger partial charge in [0, 0.05) is 27.3 Å². The summed E-state index contributed by atoms with van der Waals surface area (Å²) in [6, 6.07) is 60.5. The summed E-state index contributed by atoms with van der Waals surface area (Å²) in [5.74, 6) is 0.861. The first-order chi connectivity index (χ1) is 24.2. The molecule has 1 aromatic heterocycles. The lowest BCUT2D eigenvalue weighted by Crippen LogP contribution is -2.09. The summed E-state index contributed by atoms with van der Waals surface area (Å²) in [4.78, 5) is 5.20. The number of nitrogens with one attached hydrogen (secondary N) is 1. The van der Waals surface area contributed by atoms with Gasteiger partial charge in [-0.25, -0.2) is 4.98 Å². The van der Waals surface area contributed by atoms with Gasteiger partial charge in [0.1, 0.15) is 5.75 Å². The van der Waals surface area contributed by atoms with E-state index in [4.69, 9.17) is 9.72 Å². The third-order valence-electron chi connectivity index (χ3n) is 9.87. The van der Waals surface area contributed by atoms with Crippen LogP contribution < -0.4 is 10.1 Å². The minimum Gasteiger partial charge on any atom is -0.464 e. The minimum atomic E-state index is -0.233. The fourth-order valence-corrected chi connectivity index (χ4v) is 7.35. The first-order valence-electron chi connectivity index (χ1n) is 16.7. The van der Waals surface area contributed by atoms with E-state index in [9.17, 15) is 0 Å². The third-order valence-corrected chi connectivity index (χ3v) is 9.87. The van der Waals surface area contributed by atoms with Crippen molar-refractivity contribution in [1.29, 1.82) is 0 Å². The van der Waals surface area contributed by atoms with Gasteiger partial charge in [-0.2, -0.15) is 0 Å². The van der Waals surface area contributed by atoms with Crippen LogP contribution in [0.15, 0.2) is 170 Å². The number of nitrogens with zero attached hydrogens (tertiary/aromatic N) is 1. The Labute approximate surface area is 284 Å². The lowest BCUT2D eigenvalue weighted by Gasteiger charge is -2.13. The molecule has 1 atom stereocenters. The summed E-state index contributed by atoms with van der Waals surface area (Å²) < 4.78 is 6.40. The molecule has 2 heterocycles. The molecule has 0 amide bonds. The zero-order chi connectivity index (χ0) is 32.3. The maximum Gasteiger partial charge on any atom is 0.196 e. The fraction of sp³-hybridized carbons (Fsp3) is 0.0217. The van der Waals surface area contributed by atoms with Crippen LogP contribution in [0.5, 0.6) is 5.75 Å². The second-order valence-corrected chi connectivity index (χ2v) is 12.8. The highest BCUT2D eigenvalue weighted by molar-refractivity contribution is 6.18. The monoisotopic (exact) mass is 626 g/mol. The zero-order valence-corrected chi connectivity index (χ0v) is 26.6. The first kappa shape index (κ1) is 27.6. The molecule has 49 heavy (non-hydrogen) atoms. The summed E-state index contributed by atoms with van der Waals surface area (Å²) >= 11 is 0. The molecule has 8 aromatic carbocycles. The van der Waals surface area contributed by atoms with Crippen LogP contribution in [0.2, 0.25) is 0 Å². The van der Waals surface area contributed by atoms with Gasteiger partial charge < -0.3 is 10.1 Å². The number of hydrogen-bond donors (Lipinski definition) is 1. The third kappa shape index (κ3) is 4.70. The Morgan fingerprint density at radius 3 is 1.78 bits per heavy atom. The number of fused-ring (bicyclic) bond motifs is 7. The van der Waals surface area contributed by atoms with E-state index in [1.807, 2.05) is 18.2 Å². The molecule has 1 N–H and O–H groups in total. The van der Waals surface area contributed by atoms with Gasteiger partial charge in [-0.3, -0.25) is 0 Å². The predicted octanol–water partition coefficient (Wildman–Crippen LogP) is 12.2. The molecule has 1 aliphatic heterocycles. The largest absolute Gasteiger partial charge is 0.464 e. The van der Waals surface area contributed by atoms with E-state index >= 15 is 0 Å². The van der Waals surface area contributed by atoms with Gasteiger partial charge >= 0.3 is 0 Å². The molecule has 1 unspecified atom stereocenters. The summed E-state index contributed by atoms with van der Waals surface area (Å²) in [6.07, 6.45) is -0.233. The lowest BCUT2D eigenvalue weighted by molar-refractivity contribution is 0.260. The second-order valence-electron chi connectivity index (χ2n) is 12.8. The van der Waals surface area contributed by atoms with Crippen molar-refractivity contribution in [1.82, 2.24) is 4.98 Å². The average molecular weight is 627 g/mol. The van der Waals surface area contributed by atoms with E-state index in [1.165, 1.54) is 43.8 Å². The van der Waals surface area contributed by atoms with Crippen LogP contribution in [0.25, 0.3) is 76.7 Å². The molecule has 0 radical (unpaired) electrons. The van der Waals surface area contributed by atoms with Crippen LogP contribution in [0.3, 0.4) is 0 Å². The van der Waals surface area contributed by atoms with E-state index < -0.39 is 0 Å². The number of pyridine rings is 1. The maximum atomic E-state index is 6.40. The van der Waals surface area contributed by atoms with Gasteiger partial charge in [0.05, 0.1) is 16.9 Å². The molecular weight excluding hydrogens is 597 g/mol. The molecule has 10 rings (SSSR count). The molecule has 9 aromatic rings. The summed E-state index contributed by atoms with van der Waals surface area (Å²) in [5.41, 5.74) is 9.96. The van der Waals surface area contributed by atoms with Crippen molar-refractivity contribution in [3.05, 3.63) is 175 Å². The Kier molecular flexibility index (Phi) is 6.25. The number of para-hydroxylation sites is 1. The number of hydrogen-bond acceptors (Lipinski definition) is 3. The number of aromatic nitrogens is 1. The molecule has 3 heteroatoms. The highest BCUT2D eigenvalue weighted by atomic mass is 16.5. The Morgan fingerprint density at radius 2 is 1.02 bits per heavy atom. The molecular formula is C46H30N2O. The Morgan fingerprint density at radius 1 is 0.449 bits per heavy atom.